The van der Waals surface area contributed by atoms with Gasteiger partial charge in [0.05, 0.1) is 16.7 Å². The van der Waals surface area contributed by atoms with Crippen LogP contribution in [0.15, 0.2) is 115 Å². The summed E-state index contributed by atoms with van der Waals surface area (Å²) < 4.78 is 26.5. The molecule has 3 nitrogen and oxygen atoms in total. The van der Waals surface area contributed by atoms with Crippen molar-refractivity contribution in [2.24, 2.45) is 0 Å². The van der Waals surface area contributed by atoms with E-state index in [0.29, 0.717) is 17.0 Å². The van der Waals surface area contributed by atoms with Crippen LogP contribution >= 0.6 is 0 Å². The van der Waals surface area contributed by atoms with E-state index in [4.69, 9.17) is 0 Å². The van der Waals surface area contributed by atoms with E-state index in [2.05, 4.69) is 27.1 Å². The molecule has 0 amide bonds. The molecule has 0 saturated heterocycles. The Labute approximate surface area is 228 Å². The Kier molecular flexibility index (Phi) is 8.60. The number of hydrogen-bond donors (Lipinski definition) is 0. The van der Waals surface area contributed by atoms with Crippen LogP contribution in [0, 0.1) is 23.8 Å². The van der Waals surface area contributed by atoms with Gasteiger partial charge in [0.2, 0.25) is 0 Å². The normalized spacial score (nSPS) is 10.2. The molecule has 0 atom stereocenters. The molecule has 6 rings (SSSR count). The van der Waals surface area contributed by atoms with Gasteiger partial charge in [-0.05, 0) is 41.6 Å². The fourth-order valence-electron chi connectivity index (χ4n) is 3.62. The molecule has 0 bridgehead atoms. The Morgan fingerprint density at radius 2 is 1.24 bits per heavy atom. The molecule has 0 aliphatic rings. The average Bonchev–Trinajstić information content (AvgIpc) is 2.95. The largest absolute Gasteiger partial charge is 2.00 e. The first-order valence-electron chi connectivity index (χ1n) is 11.3. The fourth-order valence-corrected chi connectivity index (χ4v) is 3.62. The van der Waals surface area contributed by atoms with Gasteiger partial charge in [-0.1, -0.05) is 36.4 Å². The van der Waals surface area contributed by atoms with Crippen LogP contribution in [-0.2, 0) is 21.1 Å². The van der Waals surface area contributed by atoms with E-state index < -0.39 is 0 Å². The first-order chi connectivity index (χ1) is 17.7. The van der Waals surface area contributed by atoms with Crippen molar-refractivity contribution in [2.45, 2.75) is 0 Å². The summed E-state index contributed by atoms with van der Waals surface area (Å²) in [7, 11) is 0. The van der Waals surface area contributed by atoms with Crippen molar-refractivity contribution in [3.63, 3.8) is 0 Å². The number of aromatic nitrogens is 3. The van der Waals surface area contributed by atoms with E-state index in [1.807, 2.05) is 66.7 Å². The SMILES string of the molecule is Fc1c[c-]c(-c2nc3ccccc3nc2-c2ccc(F)cc2)cc1.[Pt+2].[c-]1ccccc1-c1ccccn1. The third-order valence-corrected chi connectivity index (χ3v) is 5.37. The van der Waals surface area contributed by atoms with Gasteiger partial charge in [0, 0.05) is 17.7 Å². The van der Waals surface area contributed by atoms with Crippen molar-refractivity contribution in [1.29, 1.82) is 0 Å². The summed E-state index contributed by atoms with van der Waals surface area (Å²) in [5, 5.41) is 0. The molecule has 2 heterocycles. The summed E-state index contributed by atoms with van der Waals surface area (Å²) in [6.07, 6.45) is 1.79. The molecule has 0 unspecified atom stereocenters. The second-order valence-corrected chi connectivity index (χ2v) is 7.83. The molecule has 182 valence electrons. The topological polar surface area (TPSA) is 38.7 Å². The second kappa shape index (κ2) is 12.2. The number of hydrogen-bond acceptors (Lipinski definition) is 3. The second-order valence-electron chi connectivity index (χ2n) is 7.83. The monoisotopic (exact) mass is 666 g/mol. The molecule has 0 aliphatic carbocycles. The van der Waals surface area contributed by atoms with Gasteiger partial charge in [0.15, 0.2) is 0 Å². The van der Waals surface area contributed by atoms with Crippen molar-refractivity contribution in [3.05, 3.63) is 139 Å². The molecule has 0 spiro atoms. The number of fused-ring (bicyclic) bond motifs is 1. The van der Waals surface area contributed by atoms with Crippen LogP contribution in [0.5, 0.6) is 0 Å². The molecule has 4 aromatic carbocycles. The van der Waals surface area contributed by atoms with E-state index in [1.165, 1.54) is 24.3 Å². The maximum absolute atomic E-state index is 13.2. The summed E-state index contributed by atoms with van der Waals surface area (Å²) in [4.78, 5) is 13.6. The Morgan fingerprint density at radius 1 is 0.568 bits per heavy atom. The number of nitrogens with zero attached hydrogens (tertiary/aromatic N) is 3. The predicted octanol–water partition coefficient (Wildman–Crippen LogP) is 7.59. The van der Waals surface area contributed by atoms with Crippen molar-refractivity contribution in [1.82, 2.24) is 15.0 Å². The number of para-hydroxylation sites is 2. The third kappa shape index (κ3) is 6.38. The maximum atomic E-state index is 13.2. The molecular weight excluding hydrogens is 647 g/mol. The number of benzene rings is 4. The quantitative estimate of drug-likeness (QED) is 0.183. The Balaban J connectivity index is 0.000000208. The third-order valence-electron chi connectivity index (χ3n) is 5.37. The van der Waals surface area contributed by atoms with E-state index in [0.717, 1.165) is 27.9 Å². The first-order valence-corrected chi connectivity index (χ1v) is 11.3. The zero-order valence-electron chi connectivity index (χ0n) is 19.4. The van der Waals surface area contributed by atoms with Crippen molar-refractivity contribution in [2.75, 3.05) is 0 Å². The van der Waals surface area contributed by atoms with Gasteiger partial charge in [-0.3, -0.25) is 14.4 Å². The van der Waals surface area contributed by atoms with Gasteiger partial charge >= 0.3 is 21.1 Å². The van der Waals surface area contributed by atoms with Gasteiger partial charge in [0.25, 0.3) is 0 Å². The van der Waals surface area contributed by atoms with Crippen LogP contribution in [0.3, 0.4) is 0 Å². The summed E-state index contributed by atoms with van der Waals surface area (Å²) >= 11 is 0. The van der Waals surface area contributed by atoms with Crippen molar-refractivity contribution >= 4 is 11.0 Å². The summed E-state index contributed by atoms with van der Waals surface area (Å²) in [5.74, 6) is -0.682. The van der Waals surface area contributed by atoms with Crippen LogP contribution in [0.25, 0.3) is 44.8 Å². The zero-order valence-corrected chi connectivity index (χ0v) is 21.7. The zero-order chi connectivity index (χ0) is 24.7. The molecule has 0 aliphatic heterocycles. The van der Waals surface area contributed by atoms with Gasteiger partial charge in [-0.25, -0.2) is 4.39 Å². The molecule has 2 aromatic heterocycles. The molecule has 6 heteroatoms. The van der Waals surface area contributed by atoms with Crippen LogP contribution in [0.1, 0.15) is 0 Å². The van der Waals surface area contributed by atoms with E-state index in [9.17, 15) is 8.78 Å². The average molecular weight is 667 g/mol. The van der Waals surface area contributed by atoms with Gasteiger partial charge in [-0.2, -0.15) is 0 Å². The van der Waals surface area contributed by atoms with Gasteiger partial charge in [0.1, 0.15) is 5.82 Å². The Morgan fingerprint density at radius 3 is 1.86 bits per heavy atom. The Hall–Kier alpha value is -4.08. The molecule has 0 N–H and O–H groups in total. The number of rotatable bonds is 3. The molecular formula is C31H19F2N3Pt. The van der Waals surface area contributed by atoms with Crippen LogP contribution in [-0.4, -0.2) is 15.0 Å². The molecule has 6 aromatic rings. The van der Waals surface area contributed by atoms with E-state index in [1.54, 1.807) is 24.4 Å². The standard InChI is InChI=1S/C20H11F2N2.C11H8N.Pt/c21-15-9-5-13(6-10-15)19-20(14-7-11-16(22)12-8-14)24-18-4-2-1-3-17(18)23-19;1-2-6-10(7-3-1)11-8-4-5-9-12-11;/h1-7,9-12H;1-6,8-9H;/q2*-1;+2. The predicted molar refractivity (Wildman–Crippen MR) is 138 cm³/mol. The van der Waals surface area contributed by atoms with Crippen molar-refractivity contribution < 1.29 is 29.8 Å². The minimum atomic E-state index is -0.365. The van der Waals surface area contributed by atoms with E-state index in [-0.39, 0.29) is 32.7 Å². The number of halogens is 2. The summed E-state index contributed by atoms with van der Waals surface area (Å²) in [5.41, 5.74) is 6.04. The maximum Gasteiger partial charge on any atom is 2.00 e. The smallest absolute Gasteiger partial charge is 0.305 e. The number of pyridine rings is 1. The molecule has 37 heavy (non-hydrogen) atoms. The summed E-state index contributed by atoms with van der Waals surface area (Å²) in [6, 6.07) is 37.5. The fraction of sp³-hybridized carbons (Fsp3) is 0. The van der Waals surface area contributed by atoms with Gasteiger partial charge in [-0.15, -0.1) is 65.7 Å². The van der Waals surface area contributed by atoms with Crippen LogP contribution in [0.4, 0.5) is 8.78 Å². The van der Waals surface area contributed by atoms with E-state index >= 15 is 0 Å². The summed E-state index contributed by atoms with van der Waals surface area (Å²) in [6.45, 7) is 0. The molecule has 0 saturated carbocycles. The van der Waals surface area contributed by atoms with Crippen molar-refractivity contribution in [3.8, 4) is 33.8 Å². The minimum Gasteiger partial charge on any atom is -0.305 e. The Bertz CT molecular complexity index is 1450. The van der Waals surface area contributed by atoms with Crippen LogP contribution < -0.4 is 0 Å². The minimum absolute atomic E-state index is 0. The van der Waals surface area contributed by atoms with Gasteiger partial charge < -0.3 is 4.98 Å². The van der Waals surface area contributed by atoms with Crippen LogP contribution in [0.2, 0.25) is 0 Å². The molecule has 0 fully saturated rings. The molecule has 0 radical (unpaired) electrons. The first kappa shape index (κ1) is 26.0.